The molecule has 94 valence electrons. The van der Waals surface area contributed by atoms with Gasteiger partial charge in [0.2, 0.25) is 0 Å². The molecule has 0 amide bonds. The maximum Gasteiger partial charge on any atom is 0.0794 e. The van der Waals surface area contributed by atoms with Crippen LogP contribution in [-0.4, -0.2) is 36.0 Å². The minimum atomic E-state index is 0. The number of nitrogens with zero attached hydrogens (tertiary/aromatic N) is 1. The van der Waals surface area contributed by atoms with Crippen LogP contribution in [0.3, 0.4) is 0 Å². The van der Waals surface area contributed by atoms with E-state index in [2.05, 4.69) is 36.7 Å². The van der Waals surface area contributed by atoms with Crippen LogP contribution < -0.4 is 17.0 Å². The number of alkyl halides is 1. The van der Waals surface area contributed by atoms with Crippen LogP contribution in [0.4, 0.5) is 0 Å². The van der Waals surface area contributed by atoms with E-state index in [-0.39, 0.29) is 17.0 Å². The Morgan fingerprint density at radius 1 is 0.800 bits per heavy atom. The van der Waals surface area contributed by atoms with E-state index in [4.69, 9.17) is 0 Å². The predicted molar refractivity (Wildman–Crippen MR) is 69.0 cm³/mol. The Hall–Kier alpha value is 0.920. The lowest BCUT2D eigenvalue weighted by Gasteiger charge is -2.38. The molecular weight excluding hydrogens is 318 g/mol. The van der Waals surface area contributed by atoms with E-state index in [0.29, 0.717) is 0 Å². The third kappa shape index (κ3) is 7.76. The van der Waals surface area contributed by atoms with Gasteiger partial charge in [0.05, 0.1) is 26.2 Å². The van der Waals surface area contributed by atoms with Crippen molar-refractivity contribution in [2.45, 2.75) is 46.5 Å². The van der Waals surface area contributed by atoms with Gasteiger partial charge in [-0.25, -0.2) is 0 Å². The zero-order chi connectivity index (χ0) is 10.9. The zero-order valence-electron chi connectivity index (χ0n) is 10.6. The Bertz CT molecular complexity index is 112. The van der Waals surface area contributed by atoms with Crippen molar-refractivity contribution in [2.75, 3.05) is 31.5 Å². The molecule has 0 rings (SSSR count). The van der Waals surface area contributed by atoms with Crippen molar-refractivity contribution < 1.29 is 21.5 Å². The standard InChI is InChI=1S/C12H27BrN.BrH/c1-4-9-14(10-5-2,11-6-3)12-7-8-13;/h4-12H2,1-3H3;1H/q+1;/p-1. The minimum Gasteiger partial charge on any atom is -1.00 e. The highest BCUT2D eigenvalue weighted by atomic mass is 79.9. The van der Waals surface area contributed by atoms with Gasteiger partial charge in [-0.05, 0) is 19.3 Å². The number of hydrogen-bond donors (Lipinski definition) is 0. The SMILES string of the molecule is CCC[N+](CCC)(CCC)CCCBr.[Br-]. The van der Waals surface area contributed by atoms with Crippen molar-refractivity contribution in [3.05, 3.63) is 0 Å². The second-order valence-corrected chi connectivity index (χ2v) is 5.07. The van der Waals surface area contributed by atoms with Crippen LogP contribution >= 0.6 is 15.9 Å². The first-order chi connectivity index (χ1) is 6.74. The Morgan fingerprint density at radius 3 is 1.47 bits per heavy atom. The molecular formula is C12H27Br2N. The molecule has 0 spiro atoms. The van der Waals surface area contributed by atoms with Crippen molar-refractivity contribution in [1.29, 1.82) is 0 Å². The molecule has 0 aliphatic carbocycles. The van der Waals surface area contributed by atoms with E-state index in [1.54, 1.807) is 0 Å². The second-order valence-electron chi connectivity index (χ2n) is 4.28. The van der Waals surface area contributed by atoms with Crippen LogP contribution in [-0.2, 0) is 0 Å². The van der Waals surface area contributed by atoms with E-state index >= 15 is 0 Å². The number of halogens is 2. The average Bonchev–Trinajstić information content (AvgIpc) is 2.16. The number of rotatable bonds is 9. The van der Waals surface area contributed by atoms with E-state index in [1.807, 2.05) is 0 Å². The molecule has 0 saturated carbocycles. The molecule has 0 aliphatic rings. The second kappa shape index (κ2) is 11.4. The van der Waals surface area contributed by atoms with E-state index in [0.717, 1.165) is 5.33 Å². The zero-order valence-corrected chi connectivity index (χ0v) is 13.7. The molecule has 0 heterocycles. The lowest BCUT2D eigenvalue weighted by atomic mass is 10.2. The molecule has 0 aromatic rings. The van der Waals surface area contributed by atoms with Crippen LogP contribution in [0.15, 0.2) is 0 Å². The van der Waals surface area contributed by atoms with Gasteiger partial charge in [0.15, 0.2) is 0 Å². The molecule has 0 aliphatic heterocycles. The summed E-state index contributed by atoms with van der Waals surface area (Å²) in [6, 6.07) is 0. The molecule has 0 atom stereocenters. The van der Waals surface area contributed by atoms with Gasteiger partial charge < -0.3 is 21.5 Å². The van der Waals surface area contributed by atoms with Crippen molar-refractivity contribution in [2.24, 2.45) is 0 Å². The average molecular weight is 345 g/mol. The lowest BCUT2D eigenvalue weighted by molar-refractivity contribution is -0.928. The molecule has 1 nitrogen and oxygen atoms in total. The Kier molecular flexibility index (Phi) is 13.9. The molecule has 0 unspecified atom stereocenters. The summed E-state index contributed by atoms with van der Waals surface area (Å²) in [5.41, 5.74) is 0. The van der Waals surface area contributed by atoms with Gasteiger partial charge >= 0.3 is 0 Å². The largest absolute Gasteiger partial charge is 1.00 e. The van der Waals surface area contributed by atoms with Gasteiger partial charge in [-0.1, -0.05) is 36.7 Å². The van der Waals surface area contributed by atoms with Crippen LogP contribution in [0.2, 0.25) is 0 Å². The molecule has 3 heteroatoms. The predicted octanol–water partition coefficient (Wildman–Crippen LogP) is 0.822. The van der Waals surface area contributed by atoms with Crippen LogP contribution in [0.5, 0.6) is 0 Å². The summed E-state index contributed by atoms with van der Waals surface area (Å²) in [4.78, 5) is 0. The van der Waals surface area contributed by atoms with Gasteiger partial charge in [0, 0.05) is 11.8 Å². The first kappa shape index (κ1) is 18.3. The Labute approximate surface area is 115 Å². The highest BCUT2D eigenvalue weighted by molar-refractivity contribution is 9.09. The maximum absolute atomic E-state index is 3.55. The van der Waals surface area contributed by atoms with E-state index < -0.39 is 0 Å². The molecule has 0 N–H and O–H groups in total. The van der Waals surface area contributed by atoms with Gasteiger partial charge in [0.1, 0.15) is 0 Å². The number of hydrogen-bond acceptors (Lipinski definition) is 0. The van der Waals surface area contributed by atoms with E-state index in [1.165, 1.54) is 56.3 Å². The summed E-state index contributed by atoms with van der Waals surface area (Å²) in [5.74, 6) is 0. The van der Waals surface area contributed by atoms with Crippen molar-refractivity contribution in [1.82, 2.24) is 0 Å². The van der Waals surface area contributed by atoms with Crippen molar-refractivity contribution >= 4 is 15.9 Å². The first-order valence-electron chi connectivity index (χ1n) is 6.15. The van der Waals surface area contributed by atoms with Gasteiger partial charge in [-0.15, -0.1) is 0 Å². The summed E-state index contributed by atoms with van der Waals surface area (Å²) in [5, 5.41) is 1.16. The highest BCUT2D eigenvalue weighted by Gasteiger charge is 2.23. The molecule has 0 aromatic carbocycles. The van der Waals surface area contributed by atoms with Crippen LogP contribution in [0.25, 0.3) is 0 Å². The normalized spacial score (nSPS) is 11.2. The molecule has 0 radical (unpaired) electrons. The molecule has 0 aromatic heterocycles. The summed E-state index contributed by atoms with van der Waals surface area (Å²) < 4.78 is 1.36. The third-order valence-electron chi connectivity index (χ3n) is 2.86. The van der Waals surface area contributed by atoms with Gasteiger partial charge in [-0.2, -0.15) is 0 Å². The minimum absolute atomic E-state index is 0. The Morgan fingerprint density at radius 2 is 1.20 bits per heavy atom. The first-order valence-corrected chi connectivity index (χ1v) is 7.27. The van der Waals surface area contributed by atoms with Gasteiger partial charge in [0.25, 0.3) is 0 Å². The summed E-state index contributed by atoms with van der Waals surface area (Å²) in [6.45, 7) is 12.4. The molecule has 0 fully saturated rings. The van der Waals surface area contributed by atoms with Crippen molar-refractivity contribution in [3.63, 3.8) is 0 Å². The lowest BCUT2D eigenvalue weighted by Crippen LogP contribution is -3.00. The summed E-state index contributed by atoms with van der Waals surface area (Å²) in [7, 11) is 0. The topological polar surface area (TPSA) is 0 Å². The molecule has 15 heavy (non-hydrogen) atoms. The van der Waals surface area contributed by atoms with E-state index in [9.17, 15) is 0 Å². The number of quaternary nitrogens is 1. The molecule has 0 saturated heterocycles. The summed E-state index contributed by atoms with van der Waals surface area (Å²) >= 11 is 3.55. The van der Waals surface area contributed by atoms with Crippen LogP contribution in [0, 0.1) is 0 Å². The summed E-state index contributed by atoms with van der Waals surface area (Å²) in [6.07, 6.45) is 5.28. The smallest absolute Gasteiger partial charge is 0.0794 e. The monoisotopic (exact) mass is 343 g/mol. The van der Waals surface area contributed by atoms with Crippen molar-refractivity contribution in [3.8, 4) is 0 Å². The quantitative estimate of drug-likeness (QED) is 0.429. The van der Waals surface area contributed by atoms with Gasteiger partial charge in [-0.3, -0.25) is 0 Å². The maximum atomic E-state index is 3.55. The fraction of sp³-hybridized carbons (Fsp3) is 1.00. The fourth-order valence-corrected chi connectivity index (χ4v) is 2.74. The Balaban J connectivity index is 0. The highest BCUT2D eigenvalue weighted by Crippen LogP contribution is 2.13. The molecule has 0 bridgehead atoms. The van der Waals surface area contributed by atoms with Crippen LogP contribution in [0.1, 0.15) is 46.5 Å². The fourth-order valence-electron chi connectivity index (χ4n) is 2.49. The third-order valence-corrected chi connectivity index (χ3v) is 3.42.